The topological polar surface area (TPSA) is 37.8 Å². The third-order valence-corrected chi connectivity index (χ3v) is 4.62. The summed E-state index contributed by atoms with van der Waals surface area (Å²) in [5.74, 6) is 1.96. The Labute approximate surface area is 108 Å². The van der Waals surface area contributed by atoms with Crippen molar-refractivity contribution in [3.63, 3.8) is 0 Å². The summed E-state index contributed by atoms with van der Waals surface area (Å²) >= 11 is 1.83. The molecule has 1 saturated carbocycles. The normalized spacial score (nSPS) is 19.1. The van der Waals surface area contributed by atoms with E-state index in [1.807, 2.05) is 24.0 Å². The predicted molar refractivity (Wildman–Crippen MR) is 72.2 cm³/mol. The molecule has 0 spiro atoms. The van der Waals surface area contributed by atoms with Crippen LogP contribution in [-0.2, 0) is 0 Å². The van der Waals surface area contributed by atoms with Gasteiger partial charge >= 0.3 is 0 Å². The molecule has 17 heavy (non-hydrogen) atoms. The number of nitrogens with zero attached hydrogens (tertiary/aromatic N) is 2. The summed E-state index contributed by atoms with van der Waals surface area (Å²) in [4.78, 5) is 8.20. The maximum atomic E-state index is 4.25. The van der Waals surface area contributed by atoms with Crippen molar-refractivity contribution in [2.75, 3.05) is 12.8 Å². The van der Waals surface area contributed by atoms with Gasteiger partial charge in [0.15, 0.2) is 0 Å². The maximum absolute atomic E-state index is 4.25. The van der Waals surface area contributed by atoms with Crippen LogP contribution >= 0.6 is 11.8 Å². The van der Waals surface area contributed by atoms with Gasteiger partial charge in [0.1, 0.15) is 6.33 Å². The molecule has 2 rings (SSSR count). The Morgan fingerprint density at radius 1 is 1.41 bits per heavy atom. The Kier molecular flexibility index (Phi) is 5.26. The van der Waals surface area contributed by atoms with Crippen molar-refractivity contribution >= 4 is 11.8 Å². The lowest BCUT2D eigenvalue weighted by Gasteiger charge is -2.29. The summed E-state index contributed by atoms with van der Waals surface area (Å²) in [7, 11) is 2.08. The molecule has 0 aliphatic heterocycles. The maximum Gasteiger partial charge on any atom is 0.116 e. The molecule has 1 heterocycles. The van der Waals surface area contributed by atoms with E-state index in [-0.39, 0.29) is 0 Å². The highest BCUT2D eigenvalue weighted by Gasteiger charge is 2.22. The molecule has 1 atom stereocenters. The van der Waals surface area contributed by atoms with Crippen LogP contribution < -0.4 is 5.32 Å². The Hall–Kier alpha value is -0.610. The number of rotatable bonds is 5. The van der Waals surface area contributed by atoms with Gasteiger partial charge < -0.3 is 5.32 Å². The van der Waals surface area contributed by atoms with Gasteiger partial charge in [-0.2, -0.15) is 0 Å². The van der Waals surface area contributed by atoms with Crippen LogP contribution in [0.5, 0.6) is 0 Å². The first-order valence-electron chi connectivity index (χ1n) is 6.46. The zero-order valence-corrected chi connectivity index (χ0v) is 11.2. The van der Waals surface area contributed by atoms with Gasteiger partial charge in [0.05, 0.1) is 5.03 Å². The average Bonchev–Trinajstić information content (AvgIpc) is 2.42. The Balaban J connectivity index is 1.82. The van der Waals surface area contributed by atoms with E-state index in [4.69, 9.17) is 0 Å². The number of hydrogen-bond acceptors (Lipinski definition) is 4. The van der Waals surface area contributed by atoms with Crippen molar-refractivity contribution in [1.82, 2.24) is 15.3 Å². The summed E-state index contributed by atoms with van der Waals surface area (Å²) in [6, 6.07) is 2.60. The molecule has 0 radical (unpaired) electrons. The molecule has 1 N–H and O–H groups in total. The molecule has 1 aromatic heterocycles. The molecule has 1 fully saturated rings. The lowest BCUT2D eigenvalue weighted by molar-refractivity contribution is 0.294. The molecular weight excluding hydrogens is 230 g/mol. The number of nitrogens with one attached hydrogen (secondary N) is 1. The summed E-state index contributed by atoms with van der Waals surface area (Å²) in [5, 5.41) is 4.56. The second-order valence-corrected chi connectivity index (χ2v) is 5.69. The second-order valence-electron chi connectivity index (χ2n) is 4.65. The van der Waals surface area contributed by atoms with Crippen molar-refractivity contribution in [3.8, 4) is 0 Å². The van der Waals surface area contributed by atoms with Crippen molar-refractivity contribution in [3.05, 3.63) is 18.6 Å². The fraction of sp³-hybridized carbons (Fsp3) is 0.692. The lowest BCUT2D eigenvalue weighted by atomic mass is 9.84. The highest BCUT2D eigenvalue weighted by atomic mass is 32.2. The van der Waals surface area contributed by atoms with Gasteiger partial charge in [0.2, 0.25) is 0 Å². The highest BCUT2D eigenvalue weighted by molar-refractivity contribution is 7.99. The van der Waals surface area contributed by atoms with Crippen LogP contribution in [0.25, 0.3) is 0 Å². The van der Waals surface area contributed by atoms with E-state index in [1.54, 1.807) is 6.33 Å². The second kappa shape index (κ2) is 6.97. The largest absolute Gasteiger partial charge is 0.316 e. The quantitative estimate of drug-likeness (QED) is 0.645. The fourth-order valence-electron chi connectivity index (χ4n) is 2.53. The monoisotopic (exact) mass is 251 g/mol. The standard InChI is InChI=1S/C13H21N3S/c1-14-12(11-5-3-2-4-6-11)9-17-13-7-8-15-10-16-13/h7-8,10-12,14H,2-6,9H2,1H3. The third kappa shape index (κ3) is 3.96. The molecule has 0 aromatic carbocycles. The first-order valence-corrected chi connectivity index (χ1v) is 7.45. The molecule has 0 amide bonds. The molecule has 94 valence electrons. The van der Waals surface area contributed by atoms with Crippen LogP contribution in [-0.4, -0.2) is 28.8 Å². The van der Waals surface area contributed by atoms with Gasteiger partial charge in [-0.3, -0.25) is 0 Å². The first-order chi connectivity index (χ1) is 8.40. The molecule has 1 aliphatic rings. The SMILES string of the molecule is CNC(CSc1ccncn1)C1CCCCC1. The first kappa shape index (κ1) is 12.8. The van der Waals surface area contributed by atoms with E-state index in [9.17, 15) is 0 Å². The molecule has 1 unspecified atom stereocenters. The molecule has 1 aliphatic carbocycles. The molecule has 0 bridgehead atoms. The number of thioether (sulfide) groups is 1. The minimum absolute atomic E-state index is 0.621. The minimum Gasteiger partial charge on any atom is -0.316 e. The van der Waals surface area contributed by atoms with Crippen LogP contribution in [0.4, 0.5) is 0 Å². The highest BCUT2D eigenvalue weighted by Crippen LogP contribution is 2.28. The zero-order valence-electron chi connectivity index (χ0n) is 10.4. The Bertz CT molecular complexity index is 312. The number of aromatic nitrogens is 2. The van der Waals surface area contributed by atoms with E-state index in [0.717, 1.165) is 16.7 Å². The van der Waals surface area contributed by atoms with Gasteiger partial charge in [0.25, 0.3) is 0 Å². The van der Waals surface area contributed by atoms with Crippen molar-refractivity contribution in [2.24, 2.45) is 5.92 Å². The van der Waals surface area contributed by atoms with Crippen LogP contribution in [0.3, 0.4) is 0 Å². The van der Waals surface area contributed by atoms with Crippen LogP contribution in [0.1, 0.15) is 32.1 Å². The number of hydrogen-bond donors (Lipinski definition) is 1. The van der Waals surface area contributed by atoms with Crippen LogP contribution in [0, 0.1) is 5.92 Å². The van der Waals surface area contributed by atoms with E-state index in [2.05, 4.69) is 22.3 Å². The summed E-state index contributed by atoms with van der Waals surface area (Å²) < 4.78 is 0. The summed E-state index contributed by atoms with van der Waals surface area (Å²) in [6.45, 7) is 0. The van der Waals surface area contributed by atoms with Gasteiger partial charge in [-0.15, -0.1) is 11.8 Å². The molecule has 3 nitrogen and oxygen atoms in total. The van der Waals surface area contributed by atoms with Gasteiger partial charge in [-0.25, -0.2) is 9.97 Å². The predicted octanol–water partition coefficient (Wildman–Crippen LogP) is 2.74. The van der Waals surface area contributed by atoms with Crippen molar-refractivity contribution < 1.29 is 0 Å². The van der Waals surface area contributed by atoms with E-state index in [0.29, 0.717) is 6.04 Å². The molecule has 1 aromatic rings. The molecule has 4 heteroatoms. The average molecular weight is 251 g/mol. The van der Waals surface area contributed by atoms with E-state index >= 15 is 0 Å². The molecule has 0 saturated heterocycles. The van der Waals surface area contributed by atoms with Gasteiger partial charge in [0, 0.05) is 18.0 Å². The lowest BCUT2D eigenvalue weighted by Crippen LogP contribution is -2.36. The molecular formula is C13H21N3S. The Morgan fingerprint density at radius 2 is 2.24 bits per heavy atom. The third-order valence-electron chi connectivity index (χ3n) is 3.56. The van der Waals surface area contributed by atoms with Gasteiger partial charge in [-0.05, 0) is 31.9 Å². The zero-order chi connectivity index (χ0) is 11.9. The summed E-state index contributed by atoms with van der Waals surface area (Å²) in [6.07, 6.45) is 10.4. The van der Waals surface area contributed by atoms with E-state index in [1.165, 1.54) is 32.1 Å². The van der Waals surface area contributed by atoms with Crippen molar-refractivity contribution in [2.45, 2.75) is 43.2 Å². The van der Waals surface area contributed by atoms with Crippen LogP contribution in [0.15, 0.2) is 23.6 Å². The smallest absolute Gasteiger partial charge is 0.116 e. The summed E-state index contributed by atoms with van der Waals surface area (Å²) in [5.41, 5.74) is 0. The van der Waals surface area contributed by atoms with E-state index < -0.39 is 0 Å². The Morgan fingerprint density at radius 3 is 2.88 bits per heavy atom. The fourth-order valence-corrected chi connectivity index (χ4v) is 3.60. The van der Waals surface area contributed by atoms with Crippen LogP contribution in [0.2, 0.25) is 0 Å². The van der Waals surface area contributed by atoms with Gasteiger partial charge in [-0.1, -0.05) is 19.3 Å². The van der Waals surface area contributed by atoms with Crippen molar-refractivity contribution in [1.29, 1.82) is 0 Å². The minimum atomic E-state index is 0.621.